The second kappa shape index (κ2) is 9.82. The van der Waals surface area contributed by atoms with Crippen LogP contribution in [-0.4, -0.2) is 70.4 Å². The lowest BCUT2D eigenvalue weighted by Gasteiger charge is -2.45. The molecule has 2 atom stereocenters. The van der Waals surface area contributed by atoms with E-state index in [4.69, 9.17) is 11.6 Å². The average molecular weight is 511 g/mol. The van der Waals surface area contributed by atoms with Crippen molar-refractivity contribution in [1.29, 1.82) is 0 Å². The van der Waals surface area contributed by atoms with E-state index < -0.39 is 11.6 Å². The van der Waals surface area contributed by atoms with Gasteiger partial charge in [-0.2, -0.15) is 0 Å². The van der Waals surface area contributed by atoms with Crippen LogP contribution in [-0.2, 0) is 4.79 Å². The van der Waals surface area contributed by atoms with Gasteiger partial charge >= 0.3 is 6.09 Å². The molecule has 0 unspecified atom stereocenters. The Morgan fingerprint density at radius 1 is 1.08 bits per heavy atom. The van der Waals surface area contributed by atoms with Gasteiger partial charge in [0, 0.05) is 60.8 Å². The van der Waals surface area contributed by atoms with Gasteiger partial charge in [-0.1, -0.05) is 23.7 Å². The monoisotopic (exact) mass is 510 g/mol. The van der Waals surface area contributed by atoms with Crippen LogP contribution in [0.2, 0.25) is 5.02 Å². The SMILES string of the molecule is CC(=O)c1ccc(N2CCC(C(=O)[C@@]3(N(C(=O)O)C4CC4)CNC[C@H]3c3ccc(Cl)cc3)CC2)nc1. The summed E-state index contributed by atoms with van der Waals surface area (Å²) < 4.78 is 0. The van der Waals surface area contributed by atoms with Gasteiger partial charge in [-0.25, -0.2) is 9.78 Å². The van der Waals surface area contributed by atoms with Crippen molar-refractivity contribution >= 4 is 35.1 Å². The Morgan fingerprint density at radius 3 is 2.33 bits per heavy atom. The molecule has 1 amide bonds. The number of rotatable bonds is 7. The molecule has 3 fully saturated rings. The molecule has 1 saturated carbocycles. The Kier molecular flexibility index (Phi) is 6.74. The Balaban J connectivity index is 1.40. The van der Waals surface area contributed by atoms with Gasteiger partial charge in [-0.3, -0.25) is 14.5 Å². The molecule has 1 aromatic heterocycles. The lowest BCUT2D eigenvalue weighted by Crippen LogP contribution is -2.64. The highest BCUT2D eigenvalue weighted by Gasteiger charge is 2.60. The lowest BCUT2D eigenvalue weighted by molar-refractivity contribution is -0.135. The number of ketones is 2. The van der Waals surface area contributed by atoms with E-state index >= 15 is 0 Å². The lowest BCUT2D eigenvalue weighted by atomic mass is 9.71. The number of Topliss-reactive ketones (excluding diaryl/α,β-unsaturated/α-hetero) is 2. The summed E-state index contributed by atoms with van der Waals surface area (Å²) in [5.41, 5.74) is 0.355. The van der Waals surface area contributed by atoms with Crippen LogP contribution in [0.15, 0.2) is 42.6 Å². The van der Waals surface area contributed by atoms with Gasteiger partial charge < -0.3 is 15.3 Å². The maximum absolute atomic E-state index is 14.4. The molecule has 2 saturated heterocycles. The molecule has 0 radical (unpaired) electrons. The molecule has 190 valence electrons. The van der Waals surface area contributed by atoms with E-state index in [1.807, 2.05) is 18.2 Å². The van der Waals surface area contributed by atoms with Crippen molar-refractivity contribution in [1.82, 2.24) is 15.2 Å². The van der Waals surface area contributed by atoms with E-state index in [1.165, 1.54) is 11.8 Å². The molecule has 0 spiro atoms. The normalized spacial score (nSPS) is 24.5. The number of aromatic nitrogens is 1. The number of amides is 1. The molecular weight excluding hydrogens is 480 g/mol. The summed E-state index contributed by atoms with van der Waals surface area (Å²) in [6.07, 6.45) is 3.39. The first-order chi connectivity index (χ1) is 17.3. The number of anilines is 1. The standard InChI is InChI=1S/C27H31ClN4O4/c1-17(33)20-4-9-24(30-14-20)31-12-10-19(11-13-31)25(34)27(32(26(35)36)22-7-8-22)16-29-15-23(27)18-2-5-21(28)6-3-18/h2-6,9,14,19,22-23,29H,7-8,10-13,15-16H2,1H3,(H,35,36)/t23-,27+/m0/s1. The first-order valence-electron chi connectivity index (χ1n) is 12.6. The molecule has 8 nitrogen and oxygen atoms in total. The summed E-state index contributed by atoms with van der Waals surface area (Å²) in [5.74, 6) is 0.252. The smallest absolute Gasteiger partial charge is 0.408 e. The zero-order chi connectivity index (χ0) is 25.4. The van der Waals surface area contributed by atoms with E-state index in [0.717, 1.165) is 24.2 Å². The largest absolute Gasteiger partial charge is 0.465 e. The van der Waals surface area contributed by atoms with Crippen molar-refractivity contribution in [2.45, 2.75) is 50.1 Å². The van der Waals surface area contributed by atoms with E-state index in [-0.39, 0.29) is 29.4 Å². The predicted octanol–water partition coefficient (Wildman–Crippen LogP) is 3.99. The van der Waals surface area contributed by atoms with Gasteiger partial charge in [0.2, 0.25) is 0 Å². The topological polar surface area (TPSA) is 103 Å². The third-order valence-electron chi connectivity index (χ3n) is 7.91. The predicted molar refractivity (Wildman–Crippen MR) is 137 cm³/mol. The highest BCUT2D eigenvalue weighted by Crippen LogP contribution is 2.46. The van der Waals surface area contributed by atoms with E-state index in [9.17, 15) is 19.5 Å². The molecule has 9 heteroatoms. The van der Waals surface area contributed by atoms with E-state index in [2.05, 4.69) is 15.2 Å². The van der Waals surface area contributed by atoms with Gasteiger partial charge in [-0.15, -0.1) is 0 Å². The summed E-state index contributed by atoms with van der Waals surface area (Å²) in [6.45, 7) is 3.66. The number of hydrogen-bond donors (Lipinski definition) is 2. The first kappa shape index (κ1) is 24.7. The number of pyridine rings is 1. The molecule has 36 heavy (non-hydrogen) atoms. The molecule has 1 aliphatic carbocycles. The second-order valence-electron chi connectivity index (χ2n) is 10.1. The quantitative estimate of drug-likeness (QED) is 0.543. The van der Waals surface area contributed by atoms with Crippen molar-refractivity contribution in [2.24, 2.45) is 5.92 Å². The number of carbonyl (C=O) groups excluding carboxylic acids is 2. The minimum absolute atomic E-state index is 0.0151. The fourth-order valence-electron chi connectivity index (χ4n) is 5.91. The molecule has 0 bridgehead atoms. The summed E-state index contributed by atoms with van der Waals surface area (Å²) in [5, 5.41) is 14.3. The van der Waals surface area contributed by atoms with Gasteiger partial charge in [0.25, 0.3) is 0 Å². The van der Waals surface area contributed by atoms with Crippen molar-refractivity contribution in [3.8, 4) is 0 Å². The molecule has 5 rings (SSSR count). The molecule has 2 aliphatic heterocycles. The van der Waals surface area contributed by atoms with Crippen LogP contribution in [0.5, 0.6) is 0 Å². The van der Waals surface area contributed by atoms with Crippen LogP contribution in [0.1, 0.15) is 54.4 Å². The number of halogens is 1. The number of hydrogen-bond acceptors (Lipinski definition) is 6. The Bertz CT molecular complexity index is 1140. The summed E-state index contributed by atoms with van der Waals surface area (Å²) in [6, 6.07) is 10.9. The van der Waals surface area contributed by atoms with Crippen LogP contribution in [0, 0.1) is 5.92 Å². The third-order valence-corrected chi connectivity index (χ3v) is 8.16. The molecule has 2 aromatic rings. The van der Waals surface area contributed by atoms with Crippen LogP contribution >= 0.6 is 11.6 Å². The molecular formula is C27H31ClN4O4. The van der Waals surface area contributed by atoms with E-state index in [1.54, 1.807) is 24.4 Å². The maximum atomic E-state index is 14.4. The first-order valence-corrected chi connectivity index (χ1v) is 12.9. The zero-order valence-corrected chi connectivity index (χ0v) is 21.1. The number of nitrogens with zero attached hydrogens (tertiary/aromatic N) is 3. The second-order valence-corrected chi connectivity index (χ2v) is 10.6. The maximum Gasteiger partial charge on any atom is 0.408 e. The number of carbonyl (C=O) groups is 3. The van der Waals surface area contributed by atoms with Crippen LogP contribution < -0.4 is 10.2 Å². The number of carboxylic acid groups (broad SMARTS) is 1. The van der Waals surface area contributed by atoms with Crippen molar-refractivity contribution in [2.75, 3.05) is 31.1 Å². The average Bonchev–Trinajstić information content (AvgIpc) is 3.61. The molecule has 3 aliphatic rings. The van der Waals surface area contributed by atoms with Crippen LogP contribution in [0.4, 0.5) is 10.6 Å². The Hall–Kier alpha value is -2.97. The molecule has 2 N–H and O–H groups in total. The summed E-state index contributed by atoms with van der Waals surface area (Å²) >= 11 is 6.12. The Morgan fingerprint density at radius 2 is 1.78 bits per heavy atom. The fraction of sp³-hybridized carbons (Fsp3) is 0.481. The van der Waals surface area contributed by atoms with Gasteiger partial charge in [0.1, 0.15) is 11.4 Å². The molecule has 3 heterocycles. The molecule has 1 aromatic carbocycles. The fourth-order valence-corrected chi connectivity index (χ4v) is 6.04. The van der Waals surface area contributed by atoms with Gasteiger partial charge in [0.15, 0.2) is 11.6 Å². The van der Waals surface area contributed by atoms with Gasteiger partial charge in [0.05, 0.1) is 0 Å². The highest BCUT2D eigenvalue weighted by atomic mass is 35.5. The van der Waals surface area contributed by atoms with Crippen molar-refractivity contribution in [3.05, 3.63) is 58.7 Å². The number of piperidine rings is 1. The van der Waals surface area contributed by atoms with Crippen LogP contribution in [0.25, 0.3) is 0 Å². The zero-order valence-electron chi connectivity index (χ0n) is 20.3. The van der Waals surface area contributed by atoms with Crippen molar-refractivity contribution in [3.63, 3.8) is 0 Å². The van der Waals surface area contributed by atoms with Crippen molar-refractivity contribution < 1.29 is 19.5 Å². The minimum atomic E-state index is -1.14. The van der Waals surface area contributed by atoms with Gasteiger partial charge in [-0.05, 0) is 62.4 Å². The highest BCUT2D eigenvalue weighted by molar-refractivity contribution is 6.30. The van der Waals surface area contributed by atoms with Crippen LogP contribution in [0.3, 0.4) is 0 Å². The third kappa shape index (κ3) is 4.48. The summed E-state index contributed by atoms with van der Waals surface area (Å²) in [7, 11) is 0. The minimum Gasteiger partial charge on any atom is -0.465 e. The summed E-state index contributed by atoms with van der Waals surface area (Å²) in [4.78, 5) is 46.6. The number of nitrogens with one attached hydrogen (secondary N) is 1. The number of benzene rings is 1. The van der Waals surface area contributed by atoms with E-state index in [0.29, 0.717) is 49.6 Å². The Labute approximate surface area is 215 Å².